The number of benzene rings is 2. The smallest absolute Gasteiger partial charge is 0.266 e. The van der Waals surface area contributed by atoms with E-state index in [1.165, 1.54) is 20.3 Å². The predicted molar refractivity (Wildman–Crippen MR) is 115 cm³/mol. The molecule has 2 aromatic carbocycles. The molecule has 0 aromatic heterocycles. The van der Waals surface area contributed by atoms with Crippen LogP contribution < -0.4 is 24.8 Å². The van der Waals surface area contributed by atoms with E-state index >= 15 is 0 Å². The minimum atomic E-state index is -0.861. The van der Waals surface area contributed by atoms with E-state index in [0.717, 1.165) is 0 Å². The molecule has 2 N–H and O–H groups in total. The second-order valence-electron chi connectivity index (χ2n) is 5.47. The first-order valence-corrected chi connectivity index (χ1v) is 9.44. The zero-order chi connectivity index (χ0) is 20.8. The van der Waals surface area contributed by atoms with Gasteiger partial charge in [-0.25, -0.2) is 0 Å². The van der Waals surface area contributed by atoms with E-state index in [-0.39, 0.29) is 5.11 Å². The summed E-state index contributed by atoms with van der Waals surface area (Å²) in [6, 6.07) is 7.89. The molecule has 0 saturated carbocycles. The first kappa shape index (κ1) is 22.4. The molecule has 6 nitrogen and oxygen atoms in total. The molecule has 0 heterocycles. The van der Waals surface area contributed by atoms with Gasteiger partial charge in [-0.15, -0.1) is 0 Å². The van der Waals surface area contributed by atoms with Gasteiger partial charge in [-0.05, 0) is 37.3 Å². The molecule has 10 heteroatoms. The largest absolute Gasteiger partial charge is 0.495 e. The minimum absolute atomic E-state index is 0.0466. The van der Waals surface area contributed by atoms with Crippen molar-refractivity contribution in [3.63, 3.8) is 0 Å². The number of thiocarbonyl (C=S) groups is 1. The summed E-state index contributed by atoms with van der Waals surface area (Å²) in [5, 5.41) is 6.59. The molecule has 0 saturated heterocycles. The highest BCUT2D eigenvalue weighted by Gasteiger charge is 2.18. The van der Waals surface area contributed by atoms with Gasteiger partial charge >= 0.3 is 0 Å². The maximum Gasteiger partial charge on any atom is 0.266 e. The van der Waals surface area contributed by atoms with Crippen LogP contribution >= 0.6 is 47.0 Å². The van der Waals surface area contributed by atoms with Crippen LogP contribution in [0.15, 0.2) is 30.3 Å². The van der Waals surface area contributed by atoms with Crippen LogP contribution in [0.25, 0.3) is 0 Å². The average Bonchev–Trinajstić information content (AvgIpc) is 2.64. The second kappa shape index (κ2) is 10.0. The summed E-state index contributed by atoms with van der Waals surface area (Å²) in [5.74, 6) is 0.716. The molecule has 0 aliphatic heterocycles. The number of ether oxygens (including phenoxy) is 3. The number of amides is 1. The van der Waals surface area contributed by atoms with E-state index in [1.54, 1.807) is 31.2 Å². The van der Waals surface area contributed by atoms with E-state index in [4.69, 9.17) is 61.2 Å². The number of carbonyl (C=O) groups is 1. The Labute approximate surface area is 183 Å². The highest BCUT2D eigenvalue weighted by atomic mass is 35.5. The summed E-state index contributed by atoms with van der Waals surface area (Å²) in [6.07, 6.45) is -0.861. The highest BCUT2D eigenvalue weighted by molar-refractivity contribution is 7.80. The third-order valence-corrected chi connectivity index (χ3v) is 4.56. The lowest BCUT2D eigenvalue weighted by molar-refractivity contribution is -0.125. The van der Waals surface area contributed by atoms with Crippen LogP contribution in [0, 0.1) is 0 Å². The zero-order valence-corrected chi connectivity index (χ0v) is 18.2. The Morgan fingerprint density at radius 2 is 1.64 bits per heavy atom. The van der Waals surface area contributed by atoms with Gasteiger partial charge in [-0.3, -0.25) is 10.1 Å². The van der Waals surface area contributed by atoms with Crippen molar-refractivity contribution in [3.05, 3.63) is 45.4 Å². The zero-order valence-electron chi connectivity index (χ0n) is 15.1. The fourth-order valence-electron chi connectivity index (χ4n) is 2.14. The summed E-state index contributed by atoms with van der Waals surface area (Å²) < 4.78 is 16.0. The fourth-order valence-corrected chi connectivity index (χ4v) is 3.03. The lowest BCUT2D eigenvalue weighted by Crippen LogP contribution is -2.42. The summed E-state index contributed by atoms with van der Waals surface area (Å²) in [4.78, 5) is 12.3. The molecule has 1 amide bonds. The van der Waals surface area contributed by atoms with Crippen LogP contribution in [0.3, 0.4) is 0 Å². The normalized spacial score (nSPS) is 11.4. The van der Waals surface area contributed by atoms with Crippen LogP contribution in [0.5, 0.6) is 17.2 Å². The molecule has 0 aliphatic carbocycles. The Morgan fingerprint density at radius 3 is 2.25 bits per heavy atom. The Bertz CT molecular complexity index is 895. The van der Waals surface area contributed by atoms with E-state index in [1.807, 2.05) is 0 Å². The third-order valence-electron chi connectivity index (χ3n) is 3.53. The lowest BCUT2D eigenvalue weighted by atomic mass is 10.2. The van der Waals surface area contributed by atoms with E-state index in [0.29, 0.717) is 38.0 Å². The standard InChI is InChI=1S/C18H17Cl3N2O4S/c1-9(27-14-5-4-10(19)6-11(14)20)17(24)23-18(28)22-13-8-15(25-2)12(21)7-16(13)26-3/h4-9H,1-3H3,(H2,22,23,24,28)/t9-/m1/s1. The van der Waals surface area contributed by atoms with Gasteiger partial charge in [-0.1, -0.05) is 34.8 Å². The molecule has 2 aromatic rings. The van der Waals surface area contributed by atoms with Gasteiger partial charge in [0.1, 0.15) is 17.2 Å². The van der Waals surface area contributed by atoms with Crippen LogP contribution in [0.4, 0.5) is 5.69 Å². The summed E-state index contributed by atoms with van der Waals surface area (Å²) in [6.45, 7) is 1.56. The maximum absolute atomic E-state index is 12.3. The SMILES string of the molecule is COc1cc(NC(=S)NC(=O)[C@@H](C)Oc2ccc(Cl)cc2Cl)c(OC)cc1Cl. The van der Waals surface area contributed by atoms with Crippen molar-refractivity contribution in [1.29, 1.82) is 0 Å². The molecule has 150 valence electrons. The van der Waals surface area contributed by atoms with Crippen molar-refractivity contribution in [1.82, 2.24) is 5.32 Å². The van der Waals surface area contributed by atoms with Crippen molar-refractivity contribution in [2.75, 3.05) is 19.5 Å². The van der Waals surface area contributed by atoms with Crippen molar-refractivity contribution in [3.8, 4) is 17.2 Å². The summed E-state index contributed by atoms with van der Waals surface area (Å²) in [5.41, 5.74) is 0.475. The molecular weight excluding hydrogens is 447 g/mol. The number of hydrogen-bond acceptors (Lipinski definition) is 5. The first-order valence-electron chi connectivity index (χ1n) is 7.90. The Balaban J connectivity index is 2.03. The summed E-state index contributed by atoms with van der Waals surface area (Å²) >= 11 is 23.2. The molecule has 2 rings (SSSR count). The first-order chi connectivity index (χ1) is 13.2. The topological polar surface area (TPSA) is 68.8 Å². The third kappa shape index (κ3) is 5.78. The molecule has 0 fully saturated rings. The van der Waals surface area contributed by atoms with Gasteiger partial charge in [0.05, 0.1) is 30.0 Å². The number of methoxy groups -OCH3 is 2. The highest BCUT2D eigenvalue weighted by Crippen LogP contribution is 2.35. The Morgan fingerprint density at radius 1 is 1.00 bits per heavy atom. The van der Waals surface area contributed by atoms with E-state index in [2.05, 4.69) is 10.6 Å². The van der Waals surface area contributed by atoms with Crippen molar-refractivity contribution < 1.29 is 19.0 Å². The van der Waals surface area contributed by atoms with Gasteiger partial charge in [0.2, 0.25) is 0 Å². The number of nitrogens with one attached hydrogen (secondary N) is 2. The monoisotopic (exact) mass is 462 g/mol. The fraction of sp³-hybridized carbons (Fsp3) is 0.222. The van der Waals surface area contributed by atoms with E-state index in [9.17, 15) is 4.79 Å². The van der Waals surface area contributed by atoms with Gasteiger partial charge in [0, 0.05) is 17.2 Å². The Kier molecular flexibility index (Phi) is 8.00. The predicted octanol–water partition coefficient (Wildman–Crippen LogP) is 4.94. The van der Waals surface area contributed by atoms with Gasteiger partial charge in [-0.2, -0.15) is 0 Å². The van der Waals surface area contributed by atoms with Gasteiger partial charge in [0.15, 0.2) is 11.2 Å². The second-order valence-corrected chi connectivity index (χ2v) is 7.12. The molecule has 0 spiro atoms. The molecule has 1 atom stereocenters. The van der Waals surface area contributed by atoms with Crippen LogP contribution in [0.2, 0.25) is 15.1 Å². The van der Waals surface area contributed by atoms with Crippen LogP contribution in [-0.4, -0.2) is 31.3 Å². The van der Waals surface area contributed by atoms with E-state index < -0.39 is 12.0 Å². The number of carbonyl (C=O) groups excluding carboxylic acids is 1. The van der Waals surface area contributed by atoms with Crippen LogP contribution in [-0.2, 0) is 4.79 Å². The summed E-state index contributed by atoms with van der Waals surface area (Å²) in [7, 11) is 2.97. The van der Waals surface area contributed by atoms with Gasteiger partial charge in [0.25, 0.3) is 5.91 Å². The molecule has 28 heavy (non-hydrogen) atoms. The Hall–Kier alpha value is -1.93. The molecule has 0 unspecified atom stereocenters. The van der Waals surface area contributed by atoms with Crippen LogP contribution in [0.1, 0.15) is 6.92 Å². The molecule has 0 bridgehead atoms. The average molecular weight is 464 g/mol. The number of anilines is 1. The maximum atomic E-state index is 12.3. The molecular formula is C18H17Cl3N2O4S. The van der Waals surface area contributed by atoms with Crippen molar-refractivity contribution >= 4 is 63.7 Å². The minimum Gasteiger partial charge on any atom is -0.495 e. The quantitative estimate of drug-likeness (QED) is 0.591. The number of rotatable bonds is 6. The van der Waals surface area contributed by atoms with Gasteiger partial charge < -0.3 is 19.5 Å². The number of halogens is 3. The molecule has 0 radical (unpaired) electrons. The van der Waals surface area contributed by atoms with Crippen molar-refractivity contribution in [2.45, 2.75) is 13.0 Å². The lowest BCUT2D eigenvalue weighted by Gasteiger charge is -2.18. The molecule has 0 aliphatic rings. The van der Waals surface area contributed by atoms with Crippen molar-refractivity contribution in [2.24, 2.45) is 0 Å². The number of hydrogen-bond donors (Lipinski definition) is 2.